The lowest BCUT2D eigenvalue weighted by molar-refractivity contribution is -0.0556. The Balaban J connectivity index is 1.65. The molecule has 0 radical (unpaired) electrons. The first kappa shape index (κ1) is 16.2. The minimum Gasteiger partial charge on any atom is -0.393 e. The van der Waals surface area contributed by atoms with Gasteiger partial charge in [0.05, 0.1) is 6.10 Å². The quantitative estimate of drug-likeness (QED) is 0.626. The first-order valence-electron chi connectivity index (χ1n) is 10.2. The van der Waals surface area contributed by atoms with E-state index in [1.807, 2.05) is 0 Å². The van der Waals surface area contributed by atoms with Gasteiger partial charge in [0.25, 0.3) is 0 Å². The highest BCUT2D eigenvalue weighted by atomic mass is 16.3. The number of hydrogen-bond donors (Lipinski definition) is 1. The predicted octanol–water partition coefficient (Wildman–Crippen LogP) is 5.58. The molecule has 0 bridgehead atoms. The summed E-state index contributed by atoms with van der Waals surface area (Å²) in [6.07, 6.45) is 12.8. The van der Waals surface area contributed by atoms with Gasteiger partial charge in [-0.1, -0.05) is 39.3 Å². The Morgan fingerprint density at radius 2 is 1.83 bits per heavy atom. The van der Waals surface area contributed by atoms with E-state index in [4.69, 9.17) is 0 Å². The van der Waals surface area contributed by atoms with E-state index < -0.39 is 0 Å². The fraction of sp³-hybridized carbons (Fsp3) is 0.909. The molecule has 3 fully saturated rings. The molecule has 0 aromatic carbocycles. The number of aliphatic hydroxyl groups is 1. The summed E-state index contributed by atoms with van der Waals surface area (Å²) in [7, 11) is 0. The minimum atomic E-state index is -0.0727. The average molecular weight is 317 g/mol. The van der Waals surface area contributed by atoms with E-state index in [9.17, 15) is 5.11 Å². The molecule has 0 spiro atoms. The van der Waals surface area contributed by atoms with E-state index in [2.05, 4.69) is 33.8 Å². The molecule has 23 heavy (non-hydrogen) atoms. The molecule has 4 aliphatic carbocycles. The maximum atomic E-state index is 10.1. The summed E-state index contributed by atoms with van der Waals surface area (Å²) in [6.45, 7) is 10.1. The van der Waals surface area contributed by atoms with Crippen LogP contribution in [0, 0.1) is 40.4 Å². The SMILES string of the molecule is CC(C)[C@H]1CC[C@@H]2[C@H]3CC=C4C[C@@H](O)CC[C@]4(C)[C@@H]3CC[C@]12C. The molecule has 4 rings (SSSR count). The third-order valence-electron chi connectivity index (χ3n) is 8.96. The van der Waals surface area contributed by atoms with Gasteiger partial charge in [-0.2, -0.15) is 0 Å². The zero-order chi connectivity index (χ0) is 16.4. The van der Waals surface area contributed by atoms with Gasteiger partial charge >= 0.3 is 0 Å². The van der Waals surface area contributed by atoms with E-state index in [0.29, 0.717) is 10.8 Å². The normalized spacial score (nSPS) is 52.6. The van der Waals surface area contributed by atoms with Crippen LogP contribution in [0.4, 0.5) is 0 Å². The molecule has 7 atom stereocenters. The van der Waals surface area contributed by atoms with Gasteiger partial charge in [0.2, 0.25) is 0 Å². The summed E-state index contributed by atoms with van der Waals surface area (Å²) in [5.41, 5.74) is 2.62. The molecule has 0 aromatic heterocycles. The molecule has 130 valence electrons. The van der Waals surface area contributed by atoms with Crippen LogP contribution in [-0.2, 0) is 0 Å². The lowest BCUT2D eigenvalue weighted by Gasteiger charge is -2.58. The number of rotatable bonds is 1. The summed E-state index contributed by atoms with van der Waals surface area (Å²) in [5, 5.41) is 10.1. The summed E-state index contributed by atoms with van der Waals surface area (Å²) >= 11 is 0. The Bertz CT molecular complexity index is 506. The van der Waals surface area contributed by atoms with Gasteiger partial charge in [0.1, 0.15) is 0 Å². The van der Waals surface area contributed by atoms with E-state index in [1.165, 1.54) is 38.5 Å². The third-order valence-corrected chi connectivity index (χ3v) is 8.96. The second kappa shape index (κ2) is 5.35. The topological polar surface area (TPSA) is 20.2 Å². The van der Waals surface area contributed by atoms with Crippen LogP contribution in [0.25, 0.3) is 0 Å². The molecule has 0 amide bonds. The molecule has 1 nitrogen and oxygen atoms in total. The zero-order valence-electron chi connectivity index (χ0n) is 15.6. The fourth-order valence-electron chi connectivity index (χ4n) is 7.78. The van der Waals surface area contributed by atoms with Crippen LogP contribution in [0.5, 0.6) is 0 Å². The van der Waals surface area contributed by atoms with Crippen molar-refractivity contribution in [3.63, 3.8) is 0 Å². The number of allylic oxidation sites excluding steroid dienone is 1. The van der Waals surface area contributed by atoms with Crippen molar-refractivity contribution in [3.05, 3.63) is 11.6 Å². The molecule has 0 aliphatic heterocycles. The summed E-state index contributed by atoms with van der Waals surface area (Å²) in [6, 6.07) is 0. The lowest BCUT2D eigenvalue weighted by atomic mass is 9.47. The summed E-state index contributed by atoms with van der Waals surface area (Å²) < 4.78 is 0. The first-order chi connectivity index (χ1) is 10.9. The molecule has 0 aromatic rings. The number of fused-ring (bicyclic) bond motifs is 5. The van der Waals surface area contributed by atoms with Crippen LogP contribution >= 0.6 is 0 Å². The minimum absolute atomic E-state index is 0.0727. The molecular weight excluding hydrogens is 280 g/mol. The highest BCUT2D eigenvalue weighted by molar-refractivity contribution is 5.25. The standard InChI is InChI=1S/C22H36O/c1-14(2)18-7-8-19-17-6-5-15-13-16(23)9-11-21(15,3)20(17)10-12-22(18,19)4/h5,14,16-20,23H,6-13H2,1-4H3/t16-,17+,18+,19+,20+,21-,22+/m0/s1. The summed E-state index contributed by atoms with van der Waals surface area (Å²) in [4.78, 5) is 0. The van der Waals surface area contributed by atoms with Gasteiger partial charge in [-0.25, -0.2) is 0 Å². The van der Waals surface area contributed by atoms with Gasteiger partial charge in [0.15, 0.2) is 0 Å². The Morgan fingerprint density at radius 3 is 2.57 bits per heavy atom. The largest absolute Gasteiger partial charge is 0.393 e. The Labute approximate surface area is 142 Å². The molecule has 3 saturated carbocycles. The van der Waals surface area contributed by atoms with Gasteiger partial charge in [0, 0.05) is 0 Å². The first-order valence-corrected chi connectivity index (χ1v) is 10.2. The molecular formula is C22H36O. The van der Waals surface area contributed by atoms with Crippen molar-refractivity contribution in [2.24, 2.45) is 40.4 Å². The molecule has 0 unspecified atom stereocenters. The van der Waals surface area contributed by atoms with Crippen molar-refractivity contribution >= 4 is 0 Å². The van der Waals surface area contributed by atoms with Crippen molar-refractivity contribution < 1.29 is 5.11 Å². The second-order valence-corrected chi connectivity index (χ2v) is 10.1. The average Bonchev–Trinajstić information content (AvgIpc) is 2.85. The van der Waals surface area contributed by atoms with Crippen molar-refractivity contribution in [3.8, 4) is 0 Å². The lowest BCUT2D eigenvalue weighted by Crippen LogP contribution is -2.50. The second-order valence-electron chi connectivity index (χ2n) is 10.1. The third kappa shape index (κ3) is 2.21. The Kier molecular flexibility index (Phi) is 3.76. The van der Waals surface area contributed by atoms with Gasteiger partial charge in [-0.3, -0.25) is 0 Å². The summed E-state index contributed by atoms with van der Waals surface area (Å²) in [5.74, 6) is 4.55. The zero-order valence-corrected chi connectivity index (χ0v) is 15.6. The number of aliphatic hydroxyl groups excluding tert-OH is 1. The van der Waals surface area contributed by atoms with Crippen LogP contribution in [0.15, 0.2) is 11.6 Å². The molecule has 1 heteroatoms. The van der Waals surface area contributed by atoms with Crippen molar-refractivity contribution in [1.29, 1.82) is 0 Å². The van der Waals surface area contributed by atoms with Crippen molar-refractivity contribution in [2.45, 2.75) is 85.2 Å². The fourth-order valence-corrected chi connectivity index (χ4v) is 7.78. The predicted molar refractivity (Wildman–Crippen MR) is 96.0 cm³/mol. The van der Waals surface area contributed by atoms with Crippen LogP contribution in [0.1, 0.15) is 79.1 Å². The monoisotopic (exact) mass is 316 g/mol. The molecule has 4 aliphatic rings. The maximum Gasteiger partial charge on any atom is 0.0577 e. The van der Waals surface area contributed by atoms with E-state index in [0.717, 1.165) is 42.4 Å². The highest BCUT2D eigenvalue weighted by Crippen LogP contribution is 2.67. The molecule has 1 N–H and O–H groups in total. The smallest absolute Gasteiger partial charge is 0.0577 e. The highest BCUT2D eigenvalue weighted by Gasteiger charge is 2.58. The van der Waals surface area contributed by atoms with Crippen molar-refractivity contribution in [2.75, 3.05) is 0 Å². The molecule has 0 saturated heterocycles. The molecule has 0 heterocycles. The van der Waals surface area contributed by atoms with Crippen LogP contribution < -0.4 is 0 Å². The number of hydrogen-bond acceptors (Lipinski definition) is 1. The van der Waals surface area contributed by atoms with Gasteiger partial charge in [-0.15, -0.1) is 0 Å². The Hall–Kier alpha value is -0.300. The van der Waals surface area contributed by atoms with Crippen molar-refractivity contribution in [1.82, 2.24) is 0 Å². The van der Waals surface area contributed by atoms with E-state index >= 15 is 0 Å². The maximum absolute atomic E-state index is 10.1. The van der Waals surface area contributed by atoms with E-state index in [-0.39, 0.29) is 6.10 Å². The Morgan fingerprint density at radius 1 is 1.04 bits per heavy atom. The van der Waals surface area contributed by atoms with Crippen LogP contribution in [-0.4, -0.2) is 11.2 Å². The van der Waals surface area contributed by atoms with Crippen LogP contribution in [0.2, 0.25) is 0 Å². The van der Waals surface area contributed by atoms with Gasteiger partial charge < -0.3 is 5.11 Å². The van der Waals surface area contributed by atoms with E-state index in [1.54, 1.807) is 5.57 Å². The van der Waals surface area contributed by atoms with Gasteiger partial charge in [-0.05, 0) is 91.8 Å². The van der Waals surface area contributed by atoms with Crippen LogP contribution in [0.3, 0.4) is 0 Å².